The lowest BCUT2D eigenvalue weighted by atomic mass is 10.1. The molecule has 2 saturated heterocycles. The average molecular weight is 364 g/mol. The SMILES string of the molecule is O=C(NCC(=O)N1CCCCC1)C1CC(=O)N(c2ccccc2Cl)C1. The van der Waals surface area contributed by atoms with Crippen molar-refractivity contribution in [3.8, 4) is 0 Å². The van der Waals surface area contributed by atoms with E-state index in [0.717, 1.165) is 32.4 Å². The van der Waals surface area contributed by atoms with Gasteiger partial charge in [-0.2, -0.15) is 0 Å². The van der Waals surface area contributed by atoms with E-state index in [0.29, 0.717) is 10.7 Å². The minimum Gasteiger partial charge on any atom is -0.347 e. The van der Waals surface area contributed by atoms with Gasteiger partial charge in [0.15, 0.2) is 0 Å². The molecule has 0 aliphatic carbocycles. The molecule has 0 bridgehead atoms. The van der Waals surface area contributed by atoms with Crippen LogP contribution in [0.15, 0.2) is 24.3 Å². The van der Waals surface area contributed by atoms with Crippen LogP contribution in [-0.4, -0.2) is 48.8 Å². The Morgan fingerprint density at radius 3 is 2.60 bits per heavy atom. The number of para-hydroxylation sites is 1. The highest BCUT2D eigenvalue weighted by molar-refractivity contribution is 6.33. The van der Waals surface area contributed by atoms with Crippen molar-refractivity contribution in [1.29, 1.82) is 0 Å². The van der Waals surface area contributed by atoms with Gasteiger partial charge in [-0.3, -0.25) is 14.4 Å². The summed E-state index contributed by atoms with van der Waals surface area (Å²) in [6.07, 6.45) is 3.32. The summed E-state index contributed by atoms with van der Waals surface area (Å²) in [5, 5.41) is 3.17. The first-order chi connectivity index (χ1) is 12.1. The fourth-order valence-electron chi connectivity index (χ4n) is 3.35. The lowest BCUT2D eigenvalue weighted by Crippen LogP contribution is -2.44. The van der Waals surface area contributed by atoms with Crippen molar-refractivity contribution in [3.05, 3.63) is 29.3 Å². The van der Waals surface area contributed by atoms with E-state index in [1.807, 2.05) is 0 Å². The monoisotopic (exact) mass is 363 g/mol. The van der Waals surface area contributed by atoms with Crippen LogP contribution in [0, 0.1) is 5.92 Å². The van der Waals surface area contributed by atoms with E-state index in [2.05, 4.69) is 5.32 Å². The summed E-state index contributed by atoms with van der Waals surface area (Å²) in [7, 11) is 0. The van der Waals surface area contributed by atoms with Crippen molar-refractivity contribution in [3.63, 3.8) is 0 Å². The Hall–Kier alpha value is -2.08. The number of hydrogen-bond acceptors (Lipinski definition) is 3. The number of halogens is 1. The quantitative estimate of drug-likeness (QED) is 0.887. The number of anilines is 1. The van der Waals surface area contributed by atoms with Crippen molar-refractivity contribution in [1.82, 2.24) is 10.2 Å². The number of benzene rings is 1. The highest BCUT2D eigenvalue weighted by atomic mass is 35.5. The number of piperidine rings is 1. The van der Waals surface area contributed by atoms with Gasteiger partial charge in [-0.05, 0) is 31.4 Å². The van der Waals surface area contributed by atoms with Gasteiger partial charge in [-0.15, -0.1) is 0 Å². The molecule has 2 aliphatic heterocycles. The molecule has 7 heteroatoms. The number of carbonyl (C=O) groups excluding carboxylic acids is 3. The predicted octanol–water partition coefficient (Wildman–Crippen LogP) is 1.82. The van der Waals surface area contributed by atoms with E-state index in [1.165, 1.54) is 0 Å². The molecule has 1 unspecified atom stereocenters. The van der Waals surface area contributed by atoms with E-state index in [4.69, 9.17) is 11.6 Å². The molecular formula is C18H22ClN3O3. The van der Waals surface area contributed by atoms with E-state index in [-0.39, 0.29) is 37.2 Å². The van der Waals surface area contributed by atoms with Gasteiger partial charge in [0.05, 0.1) is 23.2 Å². The Morgan fingerprint density at radius 2 is 1.88 bits per heavy atom. The van der Waals surface area contributed by atoms with Crippen molar-refractivity contribution in [2.75, 3.05) is 31.1 Å². The zero-order valence-corrected chi connectivity index (χ0v) is 14.8. The van der Waals surface area contributed by atoms with Crippen LogP contribution in [-0.2, 0) is 14.4 Å². The Bertz CT molecular complexity index is 673. The maximum atomic E-state index is 12.3. The van der Waals surface area contributed by atoms with Gasteiger partial charge < -0.3 is 15.1 Å². The smallest absolute Gasteiger partial charge is 0.241 e. The summed E-state index contributed by atoms with van der Waals surface area (Å²) in [5.74, 6) is -0.901. The van der Waals surface area contributed by atoms with E-state index < -0.39 is 5.92 Å². The maximum Gasteiger partial charge on any atom is 0.241 e. The molecule has 134 valence electrons. The normalized spacial score (nSPS) is 20.7. The number of likely N-dealkylation sites (tertiary alicyclic amines) is 1. The molecular weight excluding hydrogens is 342 g/mol. The number of nitrogens with one attached hydrogen (secondary N) is 1. The standard InChI is InChI=1S/C18H22ClN3O3/c19-14-6-2-3-7-15(14)22-12-13(10-16(22)23)18(25)20-11-17(24)21-8-4-1-5-9-21/h2-3,6-7,13H,1,4-5,8-12H2,(H,20,25). The van der Waals surface area contributed by atoms with Crippen molar-refractivity contribution in [2.24, 2.45) is 5.92 Å². The van der Waals surface area contributed by atoms with Gasteiger partial charge in [-0.25, -0.2) is 0 Å². The van der Waals surface area contributed by atoms with Crippen LogP contribution in [0.4, 0.5) is 5.69 Å². The summed E-state index contributed by atoms with van der Waals surface area (Å²) in [6.45, 7) is 1.80. The zero-order valence-electron chi connectivity index (χ0n) is 14.0. The van der Waals surface area contributed by atoms with Crippen LogP contribution in [0.3, 0.4) is 0 Å². The van der Waals surface area contributed by atoms with Crippen molar-refractivity contribution < 1.29 is 14.4 Å². The first-order valence-electron chi connectivity index (χ1n) is 8.66. The molecule has 1 aromatic rings. The number of carbonyl (C=O) groups is 3. The number of rotatable bonds is 4. The molecule has 1 N–H and O–H groups in total. The number of nitrogens with zero attached hydrogens (tertiary/aromatic N) is 2. The van der Waals surface area contributed by atoms with Crippen LogP contribution in [0.25, 0.3) is 0 Å². The highest BCUT2D eigenvalue weighted by Gasteiger charge is 2.36. The second-order valence-corrected chi connectivity index (χ2v) is 6.92. The Kier molecular flexibility index (Phi) is 5.58. The number of hydrogen-bond donors (Lipinski definition) is 1. The molecule has 0 radical (unpaired) electrons. The molecule has 0 saturated carbocycles. The van der Waals surface area contributed by atoms with E-state index >= 15 is 0 Å². The van der Waals surface area contributed by atoms with Gasteiger partial charge in [-0.1, -0.05) is 23.7 Å². The van der Waals surface area contributed by atoms with Crippen molar-refractivity contribution >= 4 is 35.0 Å². The van der Waals surface area contributed by atoms with E-state index in [9.17, 15) is 14.4 Å². The molecule has 1 aromatic carbocycles. The third-order valence-corrected chi connectivity index (χ3v) is 5.08. The summed E-state index contributed by atoms with van der Waals surface area (Å²) in [5.41, 5.74) is 0.619. The van der Waals surface area contributed by atoms with Crippen LogP contribution >= 0.6 is 11.6 Å². The molecule has 2 aliphatic rings. The molecule has 25 heavy (non-hydrogen) atoms. The summed E-state index contributed by atoms with van der Waals surface area (Å²) < 4.78 is 0. The minimum absolute atomic E-state index is 0.00435. The molecule has 2 fully saturated rings. The largest absolute Gasteiger partial charge is 0.347 e. The Labute approximate surface area is 152 Å². The van der Waals surface area contributed by atoms with Gasteiger partial charge in [0, 0.05) is 26.1 Å². The van der Waals surface area contributed by atoms with Gasteiger partial charge in [0.1, 0.15) is 0 Å². The molecule has 3 amide bonds. The summed E-state index contributed by atoms with van der Waals surface area (Å²) >= 11 is 6.14. The van der Waals surface area contributed by atoms with Gasteiger partial charge in [0.25, 0.3) is 0 Å². The molecule has 3 rings (SSSR count). The van der Waals surface area contributed by atoms with Crippen molar-refractivity contribution in [2.45, 2.75) is 25.7 Å². The fourth-order valence-corrected chi connectivity index (χ4v) is 3.59. The number of amides is 3. The van der Waals surface area contributed by atoms with Crippen LogP contribution in [0.5, 0.6) is 0 Å². The third kappa shape index (κ3) is 4.12. The zero-order chi connectivity index (χ0) is 17.8. The topological polar surface area (TPSA) is 69.7 Å². The fraction of sp³-hybridized carbons (Fsp3) is 0.500. The predicted molar refractivity (Wildman–Crippen MR) is 95.4 cm³/mol. The first-order valence-corrected chi connectivity index (χ1v) is 9.04. The molecule has 0 spiro atoms. The Balaban J connectivity index is 1.54. The average Bonchev–Trinajstić information content (AvgIpc) is 3.02. The molecule has 0 aromatic heterocycles. The van der Waals surface area contributed by atoms with Gasteiger partial charge in [0.2, 0.25) is 17.7 Å². The molecule has 1 atom stereocenters. The van der Waals surface area contributed by atoms with Gasteiger partial charge >= 0.3 is 0 Å². The third-order valence-electron chi connectivity index (χ3n) is 4.76. The first kappa shape index (κ1) is 17.7. The van der Waals surface area contributed by atoms with Crippen LogP contribution in [0.2, 0.25) is 5.02 Å². The molecule has 6 nitrogen and oxygen atoms in total. The second kappa shape index (κ2) is 7.87. The summed E-state index contributed by atoms with van der Waals surface area (Å²) in [4.78, 5) is 40.0. The second-order valence-electron chi connectivity index (χ2n) is 6.52. The lowest BCUT2D eigenvalue weighted by Gasteiger charge is -2.27. The Morgan fingerprint density at radius 1 is 1.16 bits per heavy atom. The molecule has 2 heterocycles. The lowest BCUT2D eigenvalue weighted by molar-refractivity contribution is -0.134. The summed E-state index contributed by atoms with van der Waals surface area (Å²) in [6, 6.07) is 7.08. The highest BCUT2D eigenvalue weighted by Crippen LogP contribution is 2.30. The van der Waals surface area contributed by atoms with Crippen LogP contribution < -0.4 is 10.2 Å². The maximum absolute atomic E-state index is 12.3. The van der Waals surface area contributed by atoms with E-state index in [1.54, 1.807) is 34.1 Å². The minimum atomic E-state index is -0.460. The van der Waals surface area contributed by atoms with Crippen LogP contribution in [0.1, 0.15) is 25.7 Å².